The maximum absolute atomic E-state index is 12.6. The Kier molecular flexibility index (Phi) is 4.84. The monoisotopic (exact) mass is 319 g/mol. The average Bonchev–Trinajstić information content (AvgIpc) is 2.85. The molecule has 0 aromatic heterocycles. The number of carbonyl (C=O) groups excluding carboxylic acids is 2. The van der Waals surface area contributed by atoms with Crippen molar-refractivity contribution in [2.45, 2.75) is 25.3 Å². The molecule has 0 radical (unpaired) electrons. The summed E-state index contributed by atoms with van der Waals surface area (Å²) in [5, 5.41) is 2.72. The first kappa shape index (κ1) is 16.2. The van der Waals surface area contributed by atoms with Crippen LogP contribution < -0.4 is 5.32 Å². The molecule has 120 valence electrons. The van der Waals surface area contributed by atoms with Crippen LogP contribution in [0.3, 0.4) is 0 Å². The third kappa shape index (κ3) is 3.19. The normalized spacial score (nSPS) is 26.5. The van der Waals surface area contributed by atoms with E-state index in [9.17, 15) is 18.0 Å². The molecule has 2 heterocycles. The maximum atomic E-state index is 12.6. The summed E-state index contributed by atoms with van der Waals surface area (Å²) in [6, 6.07) is -0.322. The van der Waals surface area contributed by atoms with Crippen molar-refractivity contribution in [2.24, 2.45) is 5.92 Å². The molecule has 2 saturated heterocycles. The highest BCUT2D eigenvalue weighted by atomic mass is 32.2. The molecule has 0 spiro atoms. The second kappa shape index (κ2) is 6.29. The van der Waals surface area contributed by atoms with Crippen LogP contribution in [0.2, 0.25) is 0 Å². The van der Waals surface area contributed by atoms with Gasteiger partial charge in [-0.05, 0) is 12.8 Å². The van der Waals surface area contributed by atoms with Crippen molar-refractivity contribution in [1.29, 1.82) is 0 Å². The second-order valence-corrected chi connectivity index (χ2v) is 7.32. The zero-order valence-electron chi connectivity index (χ0n) is 12.2. The molecule has 9 heteroatoms. The van der Waals surface area contributed by atoms with E-state index < -0.39 is 16.2 Å². The van der Waals surface area contributed by atoms with Gasteiger partial charge in [-0.25, -0.2) is 0 Å². The van der Waals surface area contributed by atoms with Crippen LogP contribution in [0.1, 0.15) is 19.3 Å². The number of ether oxygens (including phenoxy) is 1. The standard InChI is InChI=1S/C12H21N3O5S/c1-14(7-5-11(16)20-2)21(18,19)15-6-3-4-9-10(15)8-13-12(9)17/h9-10H,3-8H2,1-2H3,(H,13,17). The van der Waals surface area contributed by atoms with Gasteiger partial charge < -0.3 is 10.1 Å². The molecule has 0 aromatic carbocycles. The first-order chi connectivity index (χ1) is 9.87. The van der Waals surface area contributed by atoms with E-state index in [2.05, 4.69) is 10.1 Å². The van der Waals surface area contributed by atoms with Gasteiger partial charge >= 0.3 is 5.97 Å². The fourth-order valence-corrected chi connectivity index (χ4v) is 4.45. The zero-order chi connectivity index (χ0) is 15.6. The lowest BCUT2D eigenvalue weighted by atomic mass is 9.93. The number of esters is 1. The molecule has 1 amide bonds. The van der Waals surface area contributed by atoms with Crippen LogP contribution in [0.25, 0.3) is 0 Å². The van der Waals surface area contributed by atoms with E-state index in [0.717, 1.165) is 4.31 Å². The lowest BCUT2D eigenvalue weighted by molar-refractivity contribution is -0.140. The molecule has 2 aliphatic heterocycles. The van der Waals surface area contributed by atoms with Crippen LogP contribution in [0.4, 0.5) is 0 Å². The number of piperidine rings is 1. The quantitative estimate of drug-likeness (QED) is 0.652. The first-order valence-electron chi connectivity index (χ1n) is 6.95. The molecule has 21 heavy (non-hydrogen) atoms. The third-order valence-corrected chi connectivity index (χ3v) is 6.12. The van der Waals surface area contributed by atoms with Gasteiger partial charge in [0.25, 0.3) is 10.2 Å². The molecule has 0 saturated carbocycles. The summed E-state index contributed by atoms with van der Waals surface area (Å²) in [5.41, 5.74) is 0. The molecule has 8 nitrogen and oxygen atoms in total. The predicted molar refractivity (Wildman–Crippen MR) is 74.4 cm³/mol. The Morgan fingerprint density at radius 1 is 1.52 bits per heavy atom. The molecule has 2 rings (SSSR count). The van der Waals surface area contributed by atoms with Gasteiger partial charge in [-0.2, -0.15) is 17.0 Å². The Balaban J connectivity index is 2.07. The lowest BCUT2D eigenvalue weighted by Crippen LogP contribution is -2.53. The molecule has 2 unspecified atom stereocenters. The van der Waals surface area contributed by atoms with Crippen molar-refractivity contribution in [2.75, 3.05) is 33.8 Å². The van der Waals surface area contributed by atoms with Gasteiger partial charge in [0.2, 0.25) is 5.91 Å². The molecule has 0 aromatic rings. The molecule has 2 atom stereocenters. The Labute approximate surface area is 124 Å². The van der Waals surface area contributed by atoms with Crippen LogP contribution in [0, 0.1) is 5.92 Å². The number of methoxy groups -OCH3 is 1. The molecule has 2 fully saturated rings. The summed E-state index contributed by atoms with van der Waals surface area (Å²) < 4.78 is 32.2. The minimum Gasteiger partial charge on any atom is -0.469 e. The number of carbonyl (C=O) groups is 2. The van der Waals surface area contributed by atoms with Crippen LogP contribution in [0.15, 0.2) is 0 Å². The smallest absolute Gasteiger partial charge is 0.306 e. The van der Waals surface area contributed by atoms with E-state index in [0.29, 0.717) is 25.9 Å². The second-order valence-electron chi connectivity index (χ2n) is 5.33. The Morgan fingerprint density at radius 2 is 2.24 bits per heavy atom. The van der Waals surface area contributed by atoms with E-state index in [1.54, 1.807) is 0 Å². The predicted octanol–water partition coefficient (Wildman–Crippen LogP) is -1.06. The highest BCUT2D eigenvalue weighted by Crippen LogP contribution is 2.30. The third-order valence-electron chi connectivity index (χ3n) is 4.10. The molecule has 1 N–H and O–H groups in total. The Morgan fingerprint density at radius 3 is 2.90 bits per heavy atom. The van der Waals surface area contributed by atoms with Crippen LogP contribution in [0.5, 0.6) is 0 Å². The van der Waals surface area contributed by atoms with E-state index in [1.165, 1.54) is 18.5 Å². The fourth-order valence-electron chi connectivity index (χ4n) is 2.84. The molecular weight excluding hydrogens is 298 g/mol. The summed E-state index contributed by atoms with van der Waals surface area (Å²) in [5.74, 6) is -0.786. The number of hydrogen-bond acceptors (Lipinski definition) is 5. The number of nitrogens with zero attached hydrogens (tertiary/aromatic N) is 2. The summed E-state index contributed by atoms with van der Waals surface area (Å²) in [7, 11) is -0.975. The largest absolute Gasteiger partial charge is 0.469 e. The minimum absolute atomic E-state index is 0.00530. The van der Waals surface area contributed by atoms with Crippen molar-refractivity contribution in [1.82, 2.24) is 13.9 Å². The number of nitrogens with one attached hydrogen (secondary N) is 1. The van der Waals surface area contributed by atoms with Gasteiger partial charge in [0, 0.05) is 26.7 Å². The number of hydrogen-bond donors (Lipinski definition) is 1. The van der Waals surface area contributed by atoms with Gasteiger partial charge in [0.1, 0.15) is 0 Å². The molecule has 2 aliphatic rings. The summed E-state index contributed by atoms with van der Waals surface area (Å²) >= 11 is 0. The molecule has 0 bridgehead atoms. The number of rotatable bonds is 5. The Hall–Kier alpha value is -1.19. The van der Waals surface area contributed by atoms with Crippen molar-refractivity contribution in [3.63, 3.8) is 0 Å². The Bertz CT molecular complexity index is 521. The number of amides is 1. The molecule has 0 aliphatic carbocycles. The van der Waals surface area contributed by atoms with Crippen molar-refractivity contribution < 1.29 is 22.7 Å². The SMILES string of the molecule is COC(=O)CCN(C)S(=O)(=O)N1CCCC2C(=O)NCC21. The topological polar surface area (TPSA) is 96.0 Å². The average molecular weight is 319 g/mol. The van der Waals surface area contributed by atoms with Gasteiger partial charge in [0.15, 0.2) is 0 Å². The summed E-state index contributed by atoms with van der Waals surface area (Å²) in [4.78, 5) is 22.8. The van der Waals surface area contributed by atoms with Crippen LogP contribution in [-0.2, 0) is 24.5 Å². The van der Waals surface area contributed by atoms with E-state index in [4.69, 9.17) is 0 Å². The van der Waals surface area contributed by atoms with Crippen molar-refractivity contribution in [3.8, 4) is 0 Å². The van der Waals surface area contributed by atoms with Gasteiger partial charge in [-0.15, -0.1) is 0 Å². The number of fused-ring (bicyclic) bond motifs is 1. The summed E-state index contributed by atoms with van der Waals surface area (Å²) in [6.45, 7) is 0.818. The van der Waals surface area contributed by atoms with E-state index >= 15 is 0 Å². The maximum Gasteiger partial charge on any atom is 0.306 e. The highest BCUT2D eigenvalue weighted by molar-refractivity contribution is 7.86. The van der Waals surface area contributed by atoms with Crippen LogP contribution in [-0.4, -0.2) is 68.7 Å². The highest BCUT2D eigenvalue weighted by Gasteiger charge is 2.46. The van der Waals surface area contributed by atoms with Gasteiger partial charge in [-0.1, -0.05) is 0 Å². The van der Waals surface area contributed by atoms with E-state index in [1.807, 2.05) is 0 Å². The minimum atomic E-state index is -3.68. The van der Waals surface area contributed by atoms with Crippen LogP contribution >= 0.6 is 0 Å². The molecular formula is C12H21N3O5S. The fraction of sp³-hybridized carbons (Fsp3) is 0.833. The van der Waals surface area contributed by atoms with Gasteiger partial charge in [0.05, 0.1) is 25.5 Å². The van der Waals surface area contributed by atoms with E-state index in [-0.39, 0.29) is 30.8 Å². The van der Waals surface area contributed by atoms with Crippen molar-refractivity contribution in [3.05, 3.63) is 0 Å². The first-order valence-corrected chi connectivity index (χ1v) is 8.35. The summed E-state index contributed by atoms with van der Waals surface area (Å²) in [6.07, 6.45) is 1.39. The lowest BCUT2D eigenvalue weighted by Gasteiger charge is -2.37. The van der Waals surface area contributed by atoms with Crippen molar-refractivity contribution >= 4 is 22.1 Å². The zero-order valence-corrected chi connectivity index (χ0v) is 13.1. The van der Waals surface area contributed by atoms with Gasteiger partial charge in [-0.3, -0.25) is 9.59 Å².